The fourth-order valence-corrected chi connectivity index (χ4v) is 5.77. The highest BCUT2D eigenvalue weighted by atomic mass is 32.2. The van der Waals surface area contributed by atoms with E-state index < -0.39 is 0 Å². The normalized spacial score (nSPS) is 17.3. The van der Waals surface area contributed by atoms with Crippen molar-refractivity contribution in [3.63, 3.8) is 0 Å². The summed E-state index contributed by atoms with van der Waals surface area (Å²) in [4.78, 5) is 29.7. The number of hydrogen-bond donors (Lipinski definition) is 1. The fourth-order valence-electron chi connectivity index (χ4n) is 4.32. The molecular weight excluding hydrogens is 426 g/mol. The van der Waals surface area contributed by atoms with Gasteiger partial charge in [0.25, 0.3) is 5.91 Å². The van der Waals surface area contributed by atoms with Crippen LogP contribution in [-0.4, -0.2) is 66.2 Å². The zero-order valence-corrected chi connectivity index (χ0v) is 19.5. The maximum Gasteiger partial charge on any atom is 0.321 e. The van der Waals surface area contributed by atoms with Gasteiger partial charge in [0.1, 0.15) is 11.5 Å². The lowest BCUT2D eigenvalue weighted by Gasteiger charge is -2.44. The summed E-state index contributed by atoms with van der Waals surface area (Å²) in [5.74, 6) is 2.21. The van der Waals surface area contributed by atoms with E-state index in [1.807, 2.05) is 52.8 Å². The molecule has 4 rings (SSSR count). The van der Waals surface area contributed by atoms with E-state index in [-0.39, 0.29) is 16.8 Å². The highest BCUT2D eigenvalue weighted by Crippen LogP contribution is 2.44. The summed E-state index contributed by atoms with van der Waals surface area (Å²) >= 11 is 1.84. The number of urea groups is 1. The number of carbonyl (C=O) groups is 2. The van der Waals surface area contributed by atoms with Crippen molar-refractivity contribution in [2.45, 2.75) is 24.6 Å². The Morgan fingerprint density at radius 1 is 1.00 bits per heavy atom. The lowest BCUT2D eigenvalue weighted by Crippen LogP contribution is -2.54. The van der Waals surface area contributed by atoms with Gasteiger partial charge in [-0.3, -0.25) is 4.79 Å². The second kappa shape index (κ2) is 9.32. The molecule has 2 aliphatic heterocycles. The molecular formula is C24H29N3O4S. The minimum absolute atomic E-state index is 0.0795. The van der Waals surface area contributed by atoms with Gasteiger partial charge >= 0.3 is 6.03 Å². The van der Waals surface area contributed by atoms with E-state index in [2.05, 4.69) is 5.32 Å². The molecule has 0 aromatic heterocycles. The third kappa shape index (κ3) is 4.37. The summed E-state index contributed by atoms with van der Waals surface area (Å²) in [5.41, 5.74) is 2.47. The lowest BCUT2D eigenvalue weighted by atomic mass is 10.0. The number of anilines is 1. The van der Waals surface area contributed by atoms with Crippen molar-refractivity contribution >= 4 is 29.4 Å². The summed E-state index contributed by atoms with van der Waals surface area (Å²) in [6.45, 7) is 3.94. The first-order valence-electron chi connectivity index (χ1n) is 10.8. The second-order valence-corrected chi connectivity index (χ2v) is 9.56. The Labute approximate surface area is 193 Å². The molecule has 2 aliphatic rings. The largest absolute Gasteiger partial charge is 0.497 e. The molecule has 170 valence electrons. The number of piperidine rings is 1. The molecule has 2 heterocycles. The maximum atomic E-state index is 13.2. The summed E-state index contributed by atoms with van der Waals surface area (Å²) in [5, 5.41) is 2.95. The Morgan fingerprint density at radius 2 is 1.72 bits per heavy atom. The lowest BCUT2D eigenvalue weighted by molar-refractivity contribution is 0.0585. The minimum Gasteiger partial charge on any atom is -0.497 e. The van der Waals surface area contributed by atoms with Gasteiger partial charge in [0.15, 0.2) is 0 Å². The molecule has 1 spiro atoms. The number of nitrogens with one attached hydrogen (secondary N) is 1. The smallest absolute Gasteiger partial charge is 0.321 e. The zero-order valence-electron chi connectivity index (χ0n) is 18.7. The molecule has 0 unspecified atom stereocenters. The van der Waals surface area contributed by atoms with Crippen molar-refractivity contribution in [1.29, 1.82) is 0 Å². The van der Waals surface area contributed by atoms with Crippen molar-refractivity contribution < 1.29 is 19.1 Å². The molecule has 8 heteroatoms. The standard InChI is InChI=1S/C24H29N3O4S/c1-17-4-6-18(7-5-17)22(28)27-14-15-32-24(27)10-12-26(13-11-24)23(29)25-20-9-8-19(30-2)16-21(20)31-3/h4-9,16H,10-15H2,1-3H3,(H,25,29). The number of hydrogen-bond acceptors (Lipinski definition) is 5. The highest BCUT2D eigenvalue weighted by Gasteiger charge is 2.47. The number of ether oxygens (including phenoxy) is 2. The number of likely N-dealkylation sites (tertiary alicyclic amines) is 1. The van der Waals surface area contributed by atoms with Gasteiger partial charge in [0.2, 0.25) is 0 Å². The number of benzene rings is 2. The monoisotopic (exact) mass is 455 g/mol. The first kappa shape index (κ1) is 22.3. The van der Waals surface area contributed by atoms with Gasteiger partial charge in [-0.15, -0.1) is 11.8 Å². The van der Waals surface area contributed by atoms with Gasteiger partial charge in [-0.05, 0) is 44.0 Å². The average molecular weight is 456 g/mol. The van der Waals surface area contributed by atoms with Crippen molar-refractivity contribution in [1.82, 2.24) is 9.80 Å². The SMILES string of the molecule is COc1ccc(NC(=O)N2CCC3(CC2)SCCN3C(=O)c2ccc(C)cc2)c(OC)c1. The quantitative estimate of drug-likeness (QED) is 0.747. The van der Waals surface area contributed by atoms with Crippen LogP contribution in [0.4, 0.5) is 10.5 Å². The van der Waals surface area contributed by atoms with Crippen molar-refractivity contribution in [2.75, 3.05) is 44.9 Å². The molecule has 0 atom stereocenters. The van der Waals surface area contributed by atoms with Gasteiger partial charge in [-0.2, -0.15) is 0 Å². The Bertz CT molecular complexity index is 987. The first-order chi connectivity index (χ1) is 15.5. The number of methoxy groups -OCH3 is 2. The summed E-state index contributed by atoms with van der Waals surface area (Å²) in [6, 6.07) is 12.9. The van der Waals surface area contributed by atoms with E-state index in [1.54, 1.807) is 32.4 Å². The molecule has 32 heavy (non-hydrogen) atoms. The molecule has 0 bridgehead atoms. The summed E-state index contributed by atoms with van der Waals surface area (Å²) in [6.07, 6.45) is 1.50. The molecule has 2 saturated heterocycles. The number of thioether (sulfide) groups is 1. The van der Waals surface area contributed by atoms with Gasteiger partial charge in [-0.1, -0.05) is 17.7 Å². The Morgan fingerprint density at radius 3 is 2.38 bits per heavy atom. The van der Waals surface area contributed by atoms with E-state index in [9.17, 15) is 9.59 Å². The van der Waals surface area contributed by atoms with Crippen LogP contribution in [0.3, 0.4) is 0 Å². The van der Waals surface area contributed by atoms with Gasteiger partial charge in [-0.25, -0.2) is 4.79 Å². The Hall–Kier alpha value is -2.87. The molecule has 2 aromatic carbocycles. The van der Waals surface area contributed by atoms with Crippen LogP contribution in [0.15, 0.2) is 42.5 Å². The summed E-state index contributed by atoms with van der Waals surface area (Å²) < 4.78 is 10.6. The molecule has 3 amide bonds. The van der Waals surface area contributed by atoms with E-state index >= 15 is 0 Å². The van der Waals surface area contributed by atoms with Crippen LogP contribution in [0.1, 0.15) is 28.8 Å². The predicted molar refractivity (Wildman–Crippen MR) is 127 cm³/mol. The van der Waals surface area contributed by atoms with E-state index in [0.29, 0.717) is 30.3 Å². The Kier molecular flexibility index (Phi) is 6.50. The third-order valence-electron chi connectivity index (χ3n) is 6.20. The average Bonchev–Trinajstić information content (AvgIpc) is 3.22. The van der Waals surface area contributed by atoms with Crippen molar-refractivity contribution in [3.8, 4) is 11.5 Å². The van der Waals surface area contributed by atoms with Gasteiger partial charge < -0.3 is 24.6 Å². The molecule has 1 N–H and O–H groups in total. The van der Waals surface area contributed by atoms with Crippen LogP contribution in [-0.2, 0) is 0 Å². The topological polar surface area (TPSA) is 71.1 Å². The maximum absolute atomic E-state index is 13.2. The predicted octanol–water partition coefficient (Wildman–Crippen LogP) is 4.23. The van der Waals surface area contributed by atoms with E-state index in [4.69, 9.17) is 9.47 Å². The highest BCUT2D eigenvalue weighted by molar-refractivity contribution is 8.00. The number of aryl methyl sites for hydroxylation is 1. The van der Waals surface area contributed by atoms with E-state index in [1.165, 1.54) is 0 Å². The number of amides is 3. The molecule has 0 aliphatic carbocycles. The third-order valence-corrected chi connectivity index (χ3v) is 7.76. The molecule has 0 radical (unpaired) electrons. The number of rotatable bonds is 4. The van der Waals surface area contributed by atoms with Crippen LogP contribution in [0.25, 0.3) is 0 Å². The van der Waals surface area contributed by atoms with E-state index in [0.717, 1.165) is 36.3 Å². The minimum atomic E-state index is -0.240. The summed E-state index contributed by atoms with van der Waals surface area (Å²) in [7, 11) is 3.15. The second-order valence-electron chi connectivity index (χ2n) is 8.10. The number of nitrogens with zero attached hydrogens (tertiary/aromatic N) is 2. The van der Waals surface area contributed by atoms with Crippen LogP contribution < -0.4 is 14.8 Å². The van der Waals surface area contributed by atoms with Crippen LogP contribution in [0.5, 0.6) is 11.5 Å². The van der Waals surface area contributed by atoms with Crippen molar-refractivity contribution in [2.24, 2.45) is 0 Å². The van der Waals surface area contributed by atoms with Crippen molar-refractivity contribution in [3.05, 3.63) is 53.6 Å². The number of carbonyl (C=O) groups excluding carboxylic acids is 2. The fraction of sp³-hybridized carbons (Fsp3) is 0.417. The van der Waals surface area contributed by atoms with Crippen LogP contribution in [0, 0.1) is 6.92 Å². The molecule has 0 saturated carbocycles. The molecule has 2 fully saturated rings. The van der Waals surface area contributed by atoms with Crippen LogP contribution in [0.2, 0.25) is 0 Å². The molecule has 2 aromatic rings. The first-order valence-corrected chi connectivity index (χ1v) is 11.7. The molecule has 7 nitrogen and oxygen atoms in total. The zero-order chi connectivity index (χ0) is 22.7. The Balaban J connectivity index is 1.41. The van der Waals surface area contributed by atoms with Crippen LogP contribution >= 0.6 is 11.8 Å². The van der Waals surface area contributed by atoms with Gasteiger partial charge in [0, 0.05) is 37.0 Å². The van der Waals surface area contributed by atoms with Gasteiger partial charge in [0.05, 0.1) is 24.8 Å².